The first-order valence-electron chi connectivity index (χ1n) is 10.0. The van der Waals surface area contributed by atoms with Gasteiger partial charge in [-0.1, -0.05) is 0 Å². The third-order valence-corrected chi connectivity index (χ3v) is 15.9. The molecule has 0 aromatic heterocycles. The van der Waals surface area contributed by atoms with Crippen molar-refractivity contribution in [2.24, 2.45) is 0 Å². The van der Waals surface area contributed by atoms with E-state index in [1.807, 2.05) is 0 Å². The summed E-state index contributed by atoms with van der Waals surface area (Å²) in [6.07, 6.45) is 15.3. The van der Waals surface area contributed by atoms with Crippen molar-refractivity contribution in [1.29, 1.82) is 0 Å². The molecule has 24 heavy (non-hydrogen) atoms. The molecule has 1 aromatic rings. The zero-order chi connectivity index (χ0) is 17.0. The predicted molar refractivity (Wildman–Crippen MR) is 107 cm³/mol. The predicted octanol–water partition coefficient (Wildman–Crippen LogP) is 6.36. The van der Waals surface area contributed by atoms with Crippen LogP contribution in [-0.4, -0.2) is 14.9 Å². The van der Waals surface area contributed by atoms with Gasteiger partial charge >= 0.3 is 166 Å². The van der Waals surface area contributed by atoms with Gasteiger partial charge < -0.3 is 0 Å². The summed E-state index contributed by atoms with van der Waals surface area (Å²) in [5, 5.41) is 1.66. The molecule has 2 aliphatic carbocycles. The van der Waals surface area contributed by atoms with Gasteiger partial charge in [-0.3, -0.25) is 0 Å². The summed E-state index contributed by atoms with van der Waals surface area (Å²) in [6.45, 7) is 2.28. The summed E-state index contributed by atoms with van der Waals surface area (Å²) < 4.78 is 0.207. The molecular weight excluding hydrogens is 425 g/mol. The fourth-order valence-electron chi connectivity index (χ4n) is 5.47. The Morgan fingerprint density at radius 3 is 2.00 bits per heavy atom. The van der Waals surface area contributed by atoms with Gasteiger partial charge in [-0.25, -0.2) is 0 Å². The number of aryl methyl sites for hydroxylation is 1. The van der Waals surface area contributed by atoms with Crippen LogP contribution >= 0.6 is 18.9 Å². The van der Waals surface area contributed by atoms with Crippen LogP contribution in [0.3, 0.4) is 0 Å². The second kappa shape index (κ2) is 9.00. The van der Waals surface area contributed by atoms with Crippen LogP contribution in [0.4, 0.5) is 0 Å². The summed E-state index contributed by atoms with van der Waals surface area (Å²) in [5.74, 6) is 0. The number of hydrogen-bond acceptors (Lipinski definition) is 0. The number of hydrogen-bond donors (Lipinski definition) is 0. The quantitative estimate of drug-likeness (QED) is 0.274. The van der Waals surface area contributed by atoms with Crippen molar-refractivity contribution >= 4 is 24.2 Å². The summed E-state index contributed by atoms with van der Waals surface area (Å²) in [6, 6.07) is 9.58. The Labute approximate surface area is 165 Å². The van der Waals surface area contributed by atoms with Crippen molar-refractivity contribution in [3.63, 3.8) is 0 Å². The molecular formula is C21H33ClPPd. The maximum atomic E-state index is 7.09. The Kier molecular flexibility index (Phi) is 7.26. The van der Waals surface area contributed by atoms with E-state index in [0.717, 1.165) is 17.7 Å². The van der Waals surface area contributed by atoms with E-state index in [9.17, 15) is 0 Å². The van der Waals surface area contributed by atoms with Gasteiger partial charge in [0.15, 0.2) is 0 Å². The zero-order valence-electron chi connectivity index (χ0n) is 15.0. The van der Waals surface area contributed by atoms with Crippen LogP contribution in [0.15, 0.2) is 24.3 Å². The van der Waals surface area contributed by atoms with E-state index < -0.39 is 7.26 Å². The van der Waals surface area contributed by atoms with E-state index in [4.69, 9.17) is 11.6 Å². The molecule has 0 heterocycles. The zero-order valence-corrected chi connectivity index (χ0v) is 18.3. The van der Waals surface area contributed by atoms with Crippen molar-refractivity contribution in [2.45, 2.75) is 92.5 Å². The molecule has 139 valence electrons. The average Bonchev–Trinajstić information content (AvgIpc) is 2.64. The van der Waals surface area contributed by atoms with Gasteiger partial charge in [-0.2, -0.15) is 0 Å². The van der Waals surface area contributed by atoms with Crippen LogP contribution in [0, 0.1) is 0 Å². The molecule has 0 bridgehead atoms. The van der Waals surface area contributed by atoms with E-state index in [2.05, 4.69) is 50.4 Å². The summed E-state index contributed by atoms with van der Waals surface area (Å²) >= 11 is 10.7. The van der Waals surface area contributed by atoms with Gasteiger partial charge in [0.05, 0.1) is 0 Å². The molecule has 0 amide bonds. The van der Waals surface area contributed by atoms with Crippen LogP contribution in [0.2, 0.25) is 0 Å². The SMILES string of the molecule is CCc1cccc([PH]([CH](Cl)[Pd])(C2CCCCC2)C2CCCCC2)c1. The van der Waals surface area contributed by atoms with Crippen LogP contribution in [0.1, 0.15) is 76.7 Å². The van der Waals surface area contributed by atoms with Crippen LogP contribution in [-0.2, 0) is 25.6 Å². The summed E-state index contributed by atoms with van der Waals surface area (Å²) in [5.41, 5.74) is 3.24. The number of benzene rings is 1. The van der Waals surface area contributed by atoms with Gasteiger partial charge in [0.2, 0.25) is 0 Å². The first-order chi connectivity index (χ1) is 11.7. The van der Waals surface area contributed by atoms with Crippen molar-refractivity contribution in [3.8, 4) is 0 Å². The van der Waals surface area contributed by atoms with Crippen molar-refractivity contribution in [2.75, 3.05) is 0 Å². The molecule has 0 N–H and O–H groups in total. The first-order valence-corrected chi connectivity index (χ1v) is 13.6. The molecule has 3 rings (SSSR count). The molecule has 0 aliphatic heterocycles. The van der Waals surface area contributed by atoms with Crippen molar-refractivity contribution in [1.82, 2.24) is 0 Å². The second-order valence-corrected chi connectivity index (χ2v) is 15.6. The Bertz CT molecular complexity index is 500. The van der Waals surface area contributed by atoms with E-state index in [1.165, 1.54) is 69.8 Å². The van der Waals surface area contributed by atoms with Crippen molar-refractivity contribution in [3.05, 3.63) is 29.8 Å². The topological polar surface area (TPSA) is 0 Å². The Hall–Kier alpha value is 0.602. The third-order valence-electron chi connectivity index (χ3n) is 6.73. The van der Waals surface area contributed by atoms with E-state index in [0.29, 0.717) is 0 Å². The molecule has 3 heteroatoms. The Balaban J connectivity index is 2.08. The summed E-state index contributed by atoms with van der Waals surface area (Å²) in [7, 11) is -1.80. The molecule has 0 nitrogen and oxygen atoms in total. The molecule has 2 saturated carbocycles. The molecule has 0 radical (unpaired) electrons. The fourth-order valence-corrected chi connectivity index (χ4v) is 15.9. The molecule has 2 fully saturated rings. The molecule has 2 aliphatic rings. The van der Waals surface area contributed by atoms with Gasteiger partial charge in [0.1, 0.15) is 0 Å². The standard InChI is InChI=1S/C21H33ClP.Pd/c1-2-18-10-9-15-21(16-18)23(17-22,19-11-5-3-6-12-19)20-13-7-4-8-14-20;/h9-10,15-17,19-20,23H,2-8,11-14H2,1H3;. The maximum absolute atomic E-state index is 7.09. The van der Waals surface area contributed by atoms with Crippen molar-refractivity contribution < 1.29 is 19.2 Å². The normalized spacial score (nSPS) is 23.2. The van der Waals surface area contributed by atoms with E-state index in [-0.39, 0.29) is 3.59 Å². The molecule has 1 atom stereocenters. The Morgan fingerprint density at radius 1 is 1.00 bits per heavy atom. The average molecular weight is 458 g/mol. The first kappa shape index (κ1) is 19.4. The molecule has 1 unspecified atom stereocenters. The van der Waals surface area contributed by atoms with Gasteiger partial charge in [-0.15, -0.1) is 0 Å². The molecule has 1 aromatic carbocycles. The van der Waals surface area contributed by atoms with Gasteiger partial charge in [0.25, 0.3) is 0 Å². The number of rotatable bonds is 5. The van der Waals surface area contributed by atoms with Gasteiger partial charge in [-0.05, 0) is 0 Å². The van der Waals surface area contributed by atoms with E-state index in [1.54, 1.807) is 5.30 Å². The molecule has 0 spiro atoms. The second-order valence-electron chi connectivity index (χ2n) is 7.93. The van der Waals surface area contributed by atoms with Crippen LogP contribution in [0.5, 0.6) is 0 Å². The fraction of sp³-hybridized carbons (Fsp3) is 0.714. The summed E-state index contributed by atoms with van der Waals surface area (Å²) in [4.78, 5) is 0. The monoisotopic (exact) mass is 457 g/mol. The van der Waals surface area contributed by atoms with Gasteiger partial charge in [0, 0.05) is 0 Å². The third kappa shape index (κ3) is 3.81. The minimum absolute atomic E-state index is 0.207. The Morgan fingerprint density at radius 2 is 1.54 bits per heavy atom. The van der Waals surface area contributed by atoms with Crippen LogP contribution in [0.25, 0.3) is 0 Å². The van der Waals surface area contributed by atoms with E-state index >= 15 is 0 Å². The minimum atomic E-state index is -1.80. The molecule has 0 saturated heterocycles. The number of alkyl halides is 1. The number of halogens is 1. The van der Waals surface area contributed by atoms with Crippen LogP contribution < -0.4 is 5.30 Å².